The first-order chi connectivity index (χ1) is 7.63. The third-order valence-corrected chi connectivity index (χ3v) is 3.87. The number of alkyl halides is 1. The Morgan fingerprint density at radius 2 is 2.06 bits per heavy atom. The van der Waals surface area contributed by atoms with Crippen molar-refractivity contribution in [3.8, 4) is 11.4 Å². The van der Waals surface area contributed by atoms with E-state index in [0.29, 0.717) is 5.33 Å². The molecule has 0 aliphatic carbocycles. The summed E-state index contributed by atoms with van der Waals surface area (Å²) in [5.74, 6) is 1.81. The summed E-state index contributed by atoms with van der Waals surface area (Å²) in [4.78, 5) is 0. The summed E-state index contributed by atoms with van der Waals surface area (Å²) in [6.07, 6.45) is 0. The van der Waals surface area contributed by atoms with Crippen LogP contribution in [0, 0.1) is 6.92 Å². The van der Waals surface area contributed by atoms with E-state index in [1.165, 1.54) is 5.56 Å². The molecule has 1 aromatic heterocycles. The van der Waals surface area contributed by atoms with Gasteiger partial charge in [-0.2, -0.15) is 0 Å². The topological polar surface area (TPSA) is 30.7 Å². The van der Waals surface area contributed by atoms with Gasteiger partial charge in [-0.15, -0.1) is 10.2 Å². The van der Waals surface area contributed by atoms with Crippen LogP contribution in [0.2, 0.25) is 0 Å². The third kappa shape index (κ3) is 2.06. The molecule has 0 spiro atoms. The third-order valence-electron chi connectivity index (χ3n) is 2.51. The Kier molecular flexibility index (Phi) is 3.44. The molecule has 84 valence electrons. The van der Waals surface area contributed by atoms with Gasteiger partial charge < -0.3 is 4.57 Å². The zero-order valence-electron chi connectivity index (χ0n) is 9.04. The van der Waals surface area contributed by atoms with Crippen LogP contribution in [-0.4, -0.2) is 14.8 Å². The Labute approximate surface area is 111 Å². The fourth-order valence-corrected chi connectivity index (χ4v) is 2.33. The molecule has 0 saturated heterocycles. The minimum atomic E-state index is 0.712. The lowest BCUT2D eigenvalue weighted by atomic mass is 10.1. The van der Waals surface area contributed by atoms with E-state index < -0.39 is 0 Å². The van der Waals surface area contributed by atoms with E-state index >= 15 is 0 Å². The summed E-state index contributed by atoms with van der Waals surface area (Å²) in [5.41, 5.74) is 2.28. The lowest BCUT2D eigenvalue weighted by Gasteiger charge is -2.04. The van der Waals surface area contributed by atoms with Gasteiger partial charge in [0.25, 0.3) is 0 Å². The van der Waals surface area contributed by atoms with Gasteiger partial charge in [-0.05, 0) is 18.6 Å². The van der Waals surface area contributed by atoms with Gasteiger partial charge in [-0.25, -0.2) is 0 Å². The number of halogens is 2. The van der Waals surface area contributed by atoms with Gasteiger partial charge in [0, 0.05) is 17.1 Å². The lowest BCUT2D eigenvalue weighted by Crippen LogP contribution is -1.97. The van der Waals surface area contributed by atoms with E-state index in [2.05, 4.69) is 67.2 Å². The highest BCUT2D eigenvalue weighted by atomic mass is 79.9. The summed E-state index contributed by atoms with van der Waals surface area (Å²) in [7, 11) is 1.97. The summed E-state index contributed by atoms with van der Waals surface area (Å²) in [6, 6.07) is 6.20. The Morgan fingerprint density at radius 1 is 1.31 bits per heavy atom. The Hall–Kier alpha value is -0.680. The summed E-state index contributed by atoms with van der Waals surface area (Å²) >= 11 is 6.91. The smallest absolute Gasteiger partial charge is 0.163 e. The molecule has 1 heterocycles. The fourth-order valence-electron chi connectivity index (χ4n) is 1.46. The molecular formula is C11H11Br2N3. The Bertz CT molecular complexity index is 520. The molecular weight excluding hydrogens is 334 g/mol. The van der Waals surface area contributed by atoms with E-state index in [9.17, 15) is 0 Å². The summed E-state index contributed by atoms with van der Waals surface area (Å²) in [5, 5.41) is 9.02. The molecule has 0 unspecified atom stereocenters. The van der Waals surface area contributed by atoms with E-state index in [4.69, 9.17) is 0 Å². The highest BCUT2D eigenvalue weighted by Gasteiger charge is 2.10. The average Bonchev–Trinajstić information content (AvgIpc) is 2.64. The van der Waals surface area contributed by atoms with Crippen molar-refractivity contribution in [2.75, 3.05) is 0 Å². The van der Waals surface area contributed by atoms with Crippen molar-refractivity contribution in [1.29, 1.82) is 0 Å². The predicted octanol–water partition coefficient (Wildman–Crippen LogP) is 3.45. The Morgan fingerprint density at radius 3 is 2.62 bits per heavy atom. The quantitative estimate of drug-likeness (QED) is 0.781. The molecule has 0 aliphatic heterocycles. The normalized spacial score (nSPS) is 10.8. The molecule has 0 aliphatic rings. The number of hydrogen-bond donors (Lipinski definition) is 0. The van der Waals surface area contributed by atoms with Gasteiger partial charge in [0.05, 0.1) is 5.33 Å². The van der Waals surface area contributed by atoms with Crippen molar-refractivity contribution in [2.45, 2.75) is 12.3 Å². The van der Waals surface area contributed by atoms with E-state index in [-0.39, 0.29) is 0 Å². The van der Waals surface area contributed by atoms with Crippen LogP contribution in [0.25, 0.3) is 11.4 Å². The number of hydrogen-bond acceptors (Lipinski definition) is 2. The highest BCUT2D eigenvalue weighted by Crippen LogP contribution is 2.24. The van der Waals surface area contributed by atoms with Crippen LogP contribution in [0.1, 0.15) is 11.4 Å². The van der Waals surface area contributed by atoms with Gasteiger partial charge in [0.15, 0.2) is 5.82 Å². The molecule has 2 rings (SSSR count). The maximum Gasteiger partial charge on any atom is 0.163 e. The van der Waals surface area contributed by atoms with E-state index in [1.807, 2.05) is 11.6 Å². The molecule has 0 atom stereocenters. The van der Waals surface area contributed by atoms with Crippen LogP contribution < -0.4 is 0 Å². The summed E-state index contributed by atoms with van der Waals surface area (Å²) < 4.78 is 3.08. The first-order valence-corrected chi connectivity index (χ1v) is 6.75. The van der Waals surface area contributed by atoms with Crippen LogP contribution in [0.15, 0.2) is 22.7 Å². The standard InChI is InChI=1S/C11H11Br2N3/c1-7-3-4-8(5-9(7)13)11-15-14-10(6-12)16(11)2/h3-5H,6H2,1-2H3. The molecule has 0 radical (unpaired) electrons. The Balaban J connectivity index is 2.50. The molecule has 1 aromatic carbocycles. The van der Waals surface area contributed by atoms with Gasteiger partial charge in [0.2, 0.25) is 0 Å². The van der Waals surface area contributed by atoms with Gasteiger partial charge >= 0.3 is 0 Å². The van der Waals surface area contributed by atoms with Crippen LogP contribution in [0.5, 0.6) is 0 Å². The monoisotopic (exact) mass is 343 g/mol. The molecule has 0 fully saturated rings. The molecule has 0 amide bonds. The van der Waals surface area contributed by atoms with Crippen molar-refractivity contribution >= 4 is 31.9 Å². The summed E-state index contributed by atoms with van der Waals surface area (Å²) in [6.45, 7) is 2.06. The SMILES string of the molecule is Cc1ccc(-c2nnc(CBr)n2C)cc1Br. The minimum Gasteiger partial charge on any atom is -0.313 e. The molecule has 2 aromatic rings. The van der Waals surface area contributed by atoms with Crippen molar-refractivity contribution in [3.63, 3.8) is 0 Å². The van der Waals surface area contributed by atoms with E-state index in [0.717, 1.165) is 21.7 Å². The second-order valence-corrected chi connectivity index (χ2v) is 5.01. The first-order valence-electron chi connectivity index (χ1n) is 4.84. The van der Waals surface area contributed by atoms with Crippen LogP contribution >= 0.6 is 31.9 Å². The molecule has 0 bridgehead atoms. The maximum absolute atomic E-state index is 4.19. The molecule has 5 heteroatoms. The van der Waals surface area contributed by atoms with Crippen LogP contribution in [-0.2, 0) is 12.4 Å². The highest BCUT2D eigenvalue weighted by molar-refractivity contribution is 9.10. The lowest BCUT2D eigenvalue weighted by molar-refractivity contribution is 0.859. The van der Waals surface area contributed by atoms with Gasteiger partial charge in [-0.3, -0.25) is 0 Å². The average molecular weight is 345 g/mol. The van der Waals surface area contributed by atoms with Crippen molar-refractivity contribution in [2.24, 2.45) is 7.05 Å². The fraction of sp³-hybridized carbons (Fsp3) is 0.273. The first kappa shape index (κ1) is 11.8. The van der Waals surface area contributed by atoms with Gasteiger partial charge in [0.1, 0.15) is 5.82 Å². The van der Waals surface area contributed by atoms with Crippen molar-refractivity contribution in [1.82, 2.24) is 14.8 Å². The second-order valence-electron chi connectivity index (χ2n) is 3.60. The zero-order chi connectivity index (χ0) is 11.7. The van der Waals surface area contributed by atoms with Crippen molar-refractivity contribution in [3.05, 3.63) is 34.1 Å². The number of rotatable bonds is 2. The largest absolute Gasteiger partial charge is 0.313 e. The van der Waals surface area contributed by atoms with Crippen LogP contribution in [0.3, 0.4) is 0 Å². The number of aryl methyl sites for hydroxylation is 1. The maximum atomic E-state index is 4.19. The predicted molar refractivity (Wildman–Crippen MR) is 71.5 cm³/mol. The van der Waals surface area contributed by atoms with Gasteiger partial charge in [-0.1, -0.05) is 44.0 Å². The molecule has 0 N–H and O–H groups in total. The number of aromatic nitrogens is 3. The minimum absolute atomic E-state index is 0.712. The zero-order valence-corrected chi connectivity index (χ0v) is 12.2. The molecule has 16 heavy (non-hydrogen) atoms. The van der Waals surface area contributed by atoms with Crippen molar-refractivity contribution < 1.29 is 0 Å². The number of nitrogens with zero attached hydrogens (tertiary/aromatic N) is 3. The molecule has 0 saturated carbocycles. The molecule has 3 nitrogen and oxygen atoms in total. The van der Waals surface area contributed by atoms with Crippen LogP contribution in [0.4, 0.5) is 0 Å². The van der Waals surface area contributed by atoms with E-state index in [1.54, 1.807) is 0 Å². The second kappa shape index (κ2) is 4.67. The number of benzene rings is 1.